The van der Waals surface area contributed by atoms with Crippen molar-refractivity contribution in [3.05, 3.63) is 78.1 Å². The number of oxazole rings is 1. The van der Waals surface area contributed by atoms with E-state index >= 15 is 0 Å². The summed E-state index contributed by atoms with van der Waals surface area (Å²) in [7, 11) is 0. The molecule has 27 heavy (non-hydrogen) atoms. The molecule has 1 aromatic heterocycles. The molecule has 2 aromatic carbocycles. The maximum absolute atomic E-state index is 13.2. The SMILES string of the molecule is O=C(CCc1ncc(-c2ccccc2)o1)N1CCC[C@H]1c1ccc(F)cc1. The lowest BCUT2D eigenvalue weighted by atomic mass is 10.0. The number of halogens is 1. The molecule has 1 saturated heterocycles. The van der Waals surface area contributed by atoms with E-state index in [0.29, 0.717) is 24.5 Å². The van der Waals surface area contributed by atoms with Gasteiger partial charge in [-0.25, -0.2) is 9.37 Å². The van der Waals surface area contributed by atoms with Gasteiger partial charge < -0.3 is 9.32 Å². The summed E-state index contributed by atoms with van der Waals surface area (Å²) in [6.45, 7) is 0.738. The van der Waals surface area contributed by atoms with Crippen LogP contribution >= 0.6 is 0 Å². The lowest BCUT2D eigenvalue weighted by molar-refractivity contribution is -0.132. The molecule has 5 heteroatoms. The molecule has 1 atom stereocenters. The number of hydrogen-bond acceptors (Lipinski definition) is 3. The Labute approximate surface area is 157 Å². The third-order valence-electron chi connectivity index (χ3n) is 4.99. The van der Waals surface area contributed by atoms with E-state index in [1.807, 2.05) is 35.2 Å². The number of carbonyl (C=O) groups is 1. The van der Waals surface area contributed by atoms with E-state index in [4.69, 9.17) is 4.42 Å². The smallest absolute Gasteiger partial charge is 0.223 e. The van der Waals surface area contributed by atoms with Gasteiger partial charge in [0.1, 0.15) is 5.82 Å². The Morgan fingerprint density at radius 1 is 1.15 bits per heavy atom. The Kier molecular flexibility index (Phi) is 5.01. The van der Waals surface area contributed by atoms with Crippen molar-refractivity contribution in [2.24, 2.45) is 0 Å². The van der Waals surface area contributed by atoms with Crippen molar-refractivity contribution in [2.45, 2.75) is 31.7 Å². The number of likely N-dealkylation sites (tertiary alicyclic amines) is 1. The minimum Gasteiger partial charge on any atom is -0.441 e. The van der Waals surface area contributed by atoms with Gasteiger partial charge in [0.05, 0.1) is 12.2 Å². The van der Waals surface area contributed by atoms with Gasteiger partial charge in [-0.3, -0.25) is 4.79 Å². The van der Waals surface area contributed by atoms with Crippen LogP contribution < -0.4 is 0 Å². The van der Waals surface area contributed by atoms with Crippen molar-refractivity contribution in [3.8, 4) is 11.3 Å². The molecule has 4 rings (SSSR count). The normalized spacial score (nSPS) is 16.6. The number of carbonyl (C=O) groups excluding carboxylic acids is 1. The summed E-state index contributed by atoms with van der Waals surface area (Å²) in [4.78, 5) is 18.9. The van der Waals surface area contributed by atoms with Crippen LogP contribution in [0.5, 0.6) is 0 Å². The molecule has 0 radical (unpaired) electrons. The first-order valence-corrected chi connectivity index (χ1v) is 9.26. The lowest BCUT2D eigenvalue weighted by Gasteiger charge is -2.25. The predicted molar refractivity (Wildman–Crippen MR) is 100 cm³/mol. The van der Waals surface area contributed by atoms with Gasteiger partial charge in [-0.2, -0.15) is 0 Å². The van der Waals surface area contributed by atoms with Crippen LogP contribution in [0.3, 0.4) is 0 Å². The molecule has 0 N–H and O–H groups in total. The van der Waals surface area contributed by atoms with Gasteiger partial charge in [-0.05, 0) is 30.5 Å². The molecular formula is C22H21FN2O2. The molecule has 0 bridgehead atoms. The van der Waals surface area contributed by atoms with Crippen LogP contribution in [0.2, 0.25) is 0 Å². The van der Waals surface area contributed by atoms with Crippen LogP contribution in [0.25, 0.3) is 11.3 Å². The van der Waals surface area contributed by atoms with Gasteiger partial charge in [0.25, 0.3) is 0 Å². The van der Waals surface area contributed by atoms with Gasteiger partial charge in [0, 0.05) is 24.9 Å². The fourth-order valence-electron chi connectivity index (χ4n) is 3.62. The summed E-state index contributed by atoms with van der Waals surface area (Å²) in [5, 5.41) is 0. The molecule has 0 saturated carbocycles. The minimum absolute atomic E-state index is 0.0301. The van der Waals surface area contributed by atoms with Crippen LogP contribution in [0.4, 0.5) is 4.39 Å². The molecule has 0 unspecified atom stereocenters. The fourth-order valence-corrected chi connectivity index (χ4v) is 3.62. The summed E-state index contributed by atoms with van der Waals surface area (Å²) >= 11 is 0. The molecule has 1 fully saturated rings. The van der Waals surface area contributed by atoms with Crippen LogP contribution in [0, 0.1) is 5.82 Å². The summed E-state index contributed by atoms with van der Waals surface area (Å²) in [5.41, 5.74) is 1.96. The molecule has 2 heterocycles. The maximum Gasteiger partial charge on any atom is 0.223 e. The van der Waals surface area contributed by atoms with E-state index in [-0.39, 0.29) is 17.8 Å². The van der Waals surface area contributed by atoms with Crippen molar-refractivity contribution < 1.29 is 13.6 Å². The van der Waals surface area contributed by atoms with Gasteiger partial charge in [-0.1, -0.05) is 42.5 Å². The second-order valence-electron chi connectivity index (χ2n) is 6.78. The van der Waals surface area contributed by atoms with Gasteiger partial charge >= 0.3 is 0 Å². The Balaban J connectivity index is 1.39. The highest BCUT2D eigenvalue weighted by Gasteiger charge is 2.29. The number of aryl methyl sites for hydroxylation is 1. The molecule has 0 spiro atoms. The number of hydrogen-bond donors (Lipinski definition) is 0. The molecule has 0 aliphatic carbocycles. The van der Waals surface area contributed by atoms with E-state index < -0.39 is 0 Å². The molecule has 1 aliphatic heterocycles. The molecular weight excluding hydrogens is 343 g/mol. The zero-order chi connectivity index (χ0) is 18.6. The van der Waals surface area contributed by atoms with Gasteiger partial charge in [0.15, 0.2) is 11.7 Å². The highest BCUT2D eigenvalue weighted by Crippen LogP contribution is 2.32. The average molecular weight is 364 g/mol. The highest BCUT2D eigenvalue weighted by atomic mass is 19.1. The van der Waals surface area contributed by atoms with E-state index in [9.17, 15) is 9.18 Å². The van der Waals surface area contributed by atoms with Crippen LogP contribution in [-0.4, -0.2) is 22.3 Å². The second-order valence-corrected chi connectivity index (χ2v) is 6.78. The Morgan fingerprint density at radius 2 is 1.93 bits per heavy atom. The van der Waals surface area contributed by atoms with E-state index in [1.165, 1.54) is 12.1 Å². The standard InChI is InChI=1S/C22H21FN2O2/c23-18-10-8-16(9-11-18)19-7-4-14-25(19)22(26)13-12-21-24-15-20(27-21)17-5-2-1-3-6-17/h1-3,5-6,8-11,15,19H,4,7,12-14H2/t19-/m0/s1. The first-order valence-electron chi connectivity index (χ1n) is 9.26. The molecule has 3 aromatic rings. The van der Waals surface area contributed by atoms with E-state index in [0.717, 1.165) is 30.5 Å². The minimum atomic E-state index is -0.257. The quantitative estimate of drug-likeness (QED) is 0.655. The van der Waals surface area contributed by atoms with Crippen LogP contribution in [0.1, 0.15) is 36.8 Å². The number of nitrogens with zero attached hydrogens (tertiary/aromatic N) is 2. The topological polar surface area (TPSA) is 46.3 Å². The van der Waals surface area contributed by atoms with Gasteiger partial charge in [0.2, 0.25) is 5.91 Å². The fraction of sp³-hybridized carbons (Fsp3) is 0.273. The zero-order valence-corrected chi connectivity index (χ0v) is 15.0. The summed E-state index contributed by atoms with van der Waals surface area (Å²) in [6, 6.07) is 16.3. The third kappa shape index (κ3) is 3.92. The van der Waals surface area contributed by atoms with Crippen LogP contribution in [-0.2, 0) is 11.2 Å². The van der Waals surface area contributed by atoms with Crippen molar-refractivity contribution >= 4 is 5.91 Å². The molecule has 138 valence electrons. The van der Waals surface area contributed by atoms with Crippen molar-refractivity contribution in [3.63, 3.8) is 0 Å². The third-order valence-corrected chi connectivity index (χ3v) is 4.99. The summed E-state index contributed by atoms with van der Waals surface area (Å²) < 4.78 is 18.9. The molecule has 1 aliphatic rings. The Morgan fingerprint density at radius 3 is 2.70 bits per heavy atom. The lowest BCUT2D eigenvalue weighted by Crippen LogP contribution is -2.30. The maximum atomic E-state index is 13.2. The summed E-state index contributed by atoms with van der Waals surface area (Å²) in [6.07, 6.45) is 4.40. The van der Waals surface area contributed by atoms with Crippen molar-refractivity contribution in [1.82, 2.24) is 9.88 Å². The van der Waals surface area contributed by atoms with E-state index in [1.54, 1.807) is 18.3 Å². The zero-order valence-electron chi connectivity index (χ0n) is 15.0. The van der Waals surface area contributed by atoms with E-state index in [2.05, 4.69) is 4.98 Å². The average Bonchev–Trinajstić information content (AvgIpc) is 3.37. The number of aromatic nitrogens is 1. The first-order chi connectivity index (χ1) is 13.2. The largest absolute Gasteiger partial charge is 0.441 e. The number of benzene rings is 2. The van der Waals surface area contributed by atoms with Crippen molar-refractivity contribution in [1.29, 1.82) is 0 Å². The van der Waals surface area contributed by atoms with Crippen LogP contribution in [0.15, 0.2) is 65.2 Å². The molecule has 4 nitrogen and oxygen atoms in total. The highest BCUT2D eigenvalue weighted by molar-refractivity contribution is 5.77. The summed E-state index contributed by atoms with van der Waals surface area (Å²) in [5.74, 6) is 1.11. The second kappa shape index (κ2) is 7.74. The monoisotopic (exact) mass is 364 g/mol. The Bertz CT molecular complexity index is 906. The van der Waals surface area contributed by atoms with Gasteiger partial charge in [-0.15, -0.1) is 0 Å². The first kappa shape index (κ1) is 17.5. The predicted octanol–water partition coefficient (Wildman–Crippen LogP) is 4.78. The molecule has 1 amide bonds. The number of amides is 1. The van der Waals surface area contributed by atoms with Crippen molar-refractivity contribution in [2.75, 3.05) is 6.54 Å². The number of rotatable bonds is 5. The Hall–Kier alpha value is -2.95.